The van der Waals surface area contributed by atoms with Crippen LogP contribution >= 0.6 is 0 Å². The Bertz CT molecular complexity index is 1010. The number of benzene rings is 3. The average Bonchev–Trinajstić information content (AvgIpc) is 2.66. The van der Waals surface area contributed by atoms with E-state index in [0.29, 0.717) is 5.71 Å². The van der Waals surface area contributed by atoms with Gasteiger partial charge in [0.15, 0.2) is 0 Å². The fourth-order valence-corrected chi connectivity index (χ4v) is 3.34. The molecule has 0 heterocycles. The number of hydrogen-bond acceptors (Lipinski definition) is 4. The zero-order valence-corrected chi connectivity index (χ0v) is 14.9. The molecule has 4 nitrogen and oxygen atoms in total. The maximum Gasteiger partial charge on any atom is 0.358 e. The molecule has 5 heteroatoms. The molecule has 0 saturated carbocycles. The second kappa shape index (κ2) is 7.07. The van der Waals surface area contributed by atoms with Gasteiger partial charge in [0.05, 0.1) is 5.71 Å². The lowest BCUT2D eigenvalue weighted by atomic mass is 9.97. The summed E-state index contributed by atoms with van der Waals surface area (Å²) in [6.45, 7) is 3.72. The summed E-state index contributed by atoms with van der Waals surface area (Å²) < 4.78 is 29.7. The van der Waals surface area contributed by atoms with Gasteiger partial charge >= 0.3 is 10.1 Å². The van der Waals surface area contributed by atoms with Crippen LogP contribution in [0.5, 0.6) is 0 Å². The summed E-state index contributed by atoms with van der Waals surface area (Å²) in [6, 6.07) is 22.2. The molecule has 0 radical (unpaired) electrons. The van der Waals surface area contributed by atoms with Crippen molar-refractivity contribution in [2.45, 2.75) is 24.7 Å². The van der Waals surface area contributed by atoms with Gasteiger partial charge in [-0.3, -0.25) is 4.28 Å². The van der Waals surface area contributed by atoms with E-state index in [2.05, 4.69) is 5.16 Å². The average molecular weight is 353 g/mol. The zero-order valence-electron chi connectivity index (χ0n) is 14.1. The topological polar surface area (TPSA) is 55.7 Å². The summed E-state index contributed by atoms with van der Waals surface area (Å²) in [7, 11) is -3.95. The van der Waals surface area contributed by atoms with E-state index < -0.39 is 10.1 Å². The van der Waals surface area contributed by atoms with Crippen molar-refractivity contribution in [3.8, 4) is 0 Å². The van der Waals surface area contributed by atoms with Gasteiger partial charge in [0, 0.05) is 5.92 Å². The SMILES string of the molecule is C/C(=N\OS(=O)(=O)c1ccc2ccccc2c1)C(C)c1ccccc1. The Kier molecular flexibility index (Phi) is 4.86. The fourth-order valence-electron chi connectivity index (χ4n) is 2.54. The number of nitrogens with zero attached hydrogens (tertiary/aromatic N) is 1. The molecule has 0 N–H and O–H groups in total. The highest BCUT2D eigenvalue weighted by Gasteiger charge is 2.17. The van der Waals surface area contributed by atoms with E-state index in [-0.39, 0.29) is 10.8 Å². The van der Waals surface area contributed by atoms with E-state index in [4.69, 9.17) is 4.28 Å². The van der Waals surface area contributed by atoms with Crippen LogP contribution in [0.4, 0.5) is 0 Å². The Hall–Kier alpha value is -2.66. The molecule has 0 aromatic heterocycles. The van der Waals surface area contributed by atoms with Crippen molar-refractivity contribution in [1.82, 2.24) is 0 Å². The van der Waals surface area contributed by atoms with Gasteiger partial charge in [-0.05, 0) is 35.4 Å². The van der Waals surface area contributed by atoms with E-state index in [1.54, 1.807) is 19.1 Å². The van der Waals surface area contributed by atoms with Crippen molar-refractivity contribution < 1.29 is 12.7 Å². The van der Waals surface area contributed by atoms with Crippen LogP contribution in [0, 0.1) is 0 Å². The van der Waals surface area contributed by atoms with Crippen LogP contribution in [-0.2, 0) is 14.4 Å². The molecule has 0 saturated heterocycles. The van der Waals surface area contributed by atoms with Gasteiger partial charge in [-0.2, -0.15) is 8.42 Å². The van der Waals surface area contributed by atoms with E-state index in [0.717, 1.165) is 16.3 Å². The molecule has 128 valence electrons. The molecule has 0 bridgehead atoms. The smallest absolute Gasteiger partial charge is 0.265 e. The minimum atomic E-state index is -3.95. The third kappa shape index (κ3) is 3.88. The Morgan fingerprint density at radius 3 is 2.28 bits per heavy atom. The van der Waals surface area contributed by atoms with E-state index in [1.165, 1.54) is 6.07 Å². The number of fused-ring (bicyclic) bond motifs is 1. The Balaban J connectivity index is 1.82. The Morgan fingerprint density at radius 1 is 0.920 bits per heavy atom. The van der Waals surface area contributed by atoms with Crippen LogP contribution < -0.4 is 0 Å². The van der Waals surface area contributed by atoms with E-state index in [9.17, 15) is 8.42 Å². The summed E-state index contributed by atoms with van der Waals surface area (Å²) in [5.41, 5.74) is 1.64. The van der Waals surface area contributed by atoms with E-state index >= 15 is 0 Å². The molecule has 3 aromatic rings. The molecule has 25 heavy (non-hydrogen) atoms. The summed E-state index contributed by atoms with van der Waals surface area (Å²) >= 11 is 0. The van der Waals surface area contributed by atoms with Crippen molar-refractivity contribution in [2.75, 3.05) is 0 Å². The molecule has 0 amide bonds. The lowest BCUT2D eigenvalue weighted by Crippen LogP contribution is -2.09. The predicted molar refractivity (Wildman–Crippen MR) is 100 cm³/mol. The highest BCUT2D eigenvalue weighted by Crippen LogP contribution is 2.22. The van der Waals surface area contributed by atoms with Gasteiger partial charge < -0.3 is 0 Å². The fraction of sp³-hybridized carbons (Fsp3) is 0.150. The summed E-state index contributed by atoms with van der Waals surface area (Å²) in [5, 5.41) is 5.67. The van der Waals surface area contributed by atoms with E-state index in [1.807, 2.05) is 61.5 Å². The van der Waals surface area contributed by atoms with Crippen molar-refractivity contribution in [1.29, 1.82) is 0 Å². The first kappa shape index (κ1) is 17.2. The molecule has 1 atom stereocenters. The van der Waals surface area contributed by atoms with Gasteiger partial charge in [0.1, 0.15) is 4.90 Å². The number of rotatable bonds is 5. The third-order valence-corrected chi connectivity index (χ3v) is 5.32. The molecule has 3 rings (SSSR count). The molecule has 0 aliphatic carbocycles. The quantitative estimate of drug-likeness (QED) is 0.492. The summed E-state index contributed by atoms with van der Waals surface area (Å²) in [4.78, 5) is 0.0927. The Morgan fingerprint density at radius 2 is 1.56 bits per heavy atom. The summed E-state index contributed by atoms with van der Waals surface area (Å²) in [5.74, 6) is -0.0343. The van der Waals surface area contributed by atoms with Gasteiger partial charge in [0.25, 0.3) is 0 Å². The maximum atomic E-state index is 12.4. The van der Waals surface area contributed by atoms with Crippen LogP contribution in [0.1, 0.15) is 25.3 Å². The standard InChI is InChI=1S/C20H19NO3S/c1-15(17-8-4-3-5-9-17)16(2)21-24-25(22,23)20-13-12-18-10-6-7-11-19(18)14-20/h3-15H,1-2H3/b21-16+. The van der Waals surface area contributed by atoms with Crippen molar-refractivity contribution >= 4 is 26.6 Å². The number of hydrogen-bond donors (Lipinski definition) is 0. The molecule has 3 aromatic carbocycles. The maximum absolute atomic E-state index is 12.4. The minimum absolute atomic E-state index is 0.0343. The van der Waals surface area contributed by atoms with Crippen molar-refractivity contribution in [3.05, 3.63) is 78.4 Å². The highest BCUT2D eigenvalue weighted by atomic mass is 32.2. The first-order valence-corrected chi connectivity index (χ1v) is 9.40. The normalized spacial score (nSPS) is 13.6. The third-order valence-electron chi connectivity index (χ3n) is 4.22. The largest absolute Gasteiger partial charge is 0.358 e. The molecular formula is C20H19NO3S. The second-order valence-electron chi connectivity index (χ2n) is 5.90. The molecule has 1 unspecified atom stereocenters. The minimum Gasteiger partial charge on any atom is -0.265 e. The molecular weight excluding hydrogens is 334 g/mol. The first-order valence-electron chi connectivity index (χ1n) is 7.99. The van der Waals surface area contributed by atoms with Gasteiger partial charge in [0.2, 0.25) is 0 Å². The molecule has 0 fully saturated rings. The van der Waals surface area contributed by atoms with Crippen molar-refractivity contribution in [2.24, 2.45) is 5.16 Å². The van der Waals surface area contributed by atoms with Gasteiger partial charge in [-0.15, -0.1) is 0 Å². The van der Waals surface area contributed by atoms with Gasteiger partial charge in [-0.1, -0.05) is 72.7 Å². The van der Waals surface area contributed by atoms with Crippen LogP contribution in [0.25, 0.3) is 10.8 Å². The monoisotopic (exact) mass is 353 g/mol. The molecule has 0 aliphatic heterocycles. The van der Waals surface area contributed by atoms with Crippen LogP contribution in [0.2, 0.25) is 0 Å². The van der Waals surface area contributed by atoms with Crippen LogP contribution in [0.3, 0.4) is 0 Å². The molecule has 0 spiro atoms. The second-order valence-corrected chi connectivity index (χ2v) is 7.43. The highest BCUT2D eigenvalue weighted by molar-refractivity contribution is 7.86. The van der Waals surface area contributed by atoms with Gasteiger partial charge in [-0.25, -0.2) is 0 Å². The zero-order chi connectivity index (χ0) is 17.9. The summed E-state index contributed by atoms with van der Waals surface area (Å²) in [6.07, 6.45) is 0. The number of oxime groups is 1. The van der Waals surface area contributed by atoms with Crippen LogP contribution in [0.15, 0.2) is 82.8 Å². The Labute approximate surface area is 147 Å². The lowest BCUT2D eigenvalue weighted by Gasteiger charge is -2.11. The molecule has 0 aliphatic rings. The first-order chi connectivity index (χ1) is 12.0. The predicted octanol–water partition coefficient (Wildman–Crippen LogP) is 4.72. The van der Waals surface area contributed by atoms with Crippen molar-refractivity contribution in [3.63, 3.8) is 0 Å². The lowest BCUT2D eigenvalue weighted by molar-refractivity contribution is 0.337. The van der Waals surface area contributed by atoms with Crippen LogP contribution in [-0.4, -0.2) is 14.1 Å².